The smallest absolute Gasteiger partial charge is 0.157 e. The largest absolute Gasteiger partial charge is 0.298 e. The number of rotatable bonds is 3. The van der Waals surface area contributed by atoms with Crippen molar-refractivity contribution >= 4 is 17.4 Å². The Bertz CT molecular complexity index is 544. The molecule has 1 aliphatic rings. The first kappa shape index (κ1) is 16.0. The first-order valence-corrected chi connectivity index (χ1v) is 7.90. The summed E-state index contributed by atoms with van der Waals surface area (Å²) >= 11 is 5.76. The minimum atomic E-state index is -1.05. The summed E-state index contributed by atoms with van der Waals surface area (Å²) < 4.78 is 14.1. The van der Waals surface area contributed by atoms with Gasteiger partial charge in [-0.2, -0.15) is 5.26 Å². The van der Waals surface area contributed by atoms with Gasteiger partial charge >= 0.3 is 0 Å². The molecule has 2 rings (SSSR count). The lowest BCUT2D eigenvalue weighted by Crippen LogP contribution is -2.23. The molecule has 0 radical (unpaired) electrons. The van der Waals surface area contributed by atoms with Gasteiger partial charge in [-0.05, 0) is 18.9 Å². The van der Waals surface area contributed by atoms with Crippen LogP contribution < -0.4 is 0 Å². The van der Waals surface area contributed by atoms with Gasteiger partial charge in [-0.1, -0.05) is 55.8 Å². The lowest BCUT2D eigenvalue weighted by molar-refractivity contribution is -0.123. The molecule has 1 saturated carbocycles. The molecule has 21 heavy (non-hydrogen) atoms. The van der Waals surface area contributed by atoms with Crippen LogP contribution in [-0.4, -0.2) is 5.78 Å². The fourth-order valence-electron chi connectivity index (χ4n) is 3.01. The van der Waals surface area contributed by atoms with Crippen molar-refractivity contribution in [2.24, 2.45) is 5.92 Å². The molecule has 1 aromatic rings. The van der Waals surface area contributed by atoms with Crippen LogP contribution in [-0.2, 0) is 4.79 Å². The molecular formula is C17H19ClFNO. The maximum atomic E-state index is 14.1. The number of hydrogen-bond donors (Lipinski definition) is 0. The summed E-state index contributed by atoms with van der Waals surface area (Å²) in [6.07, 6.45) is 7.10. The topological polar surface area (TPSA) is 40.9 Å². The SMILES string of the molecule is N#CC(C(=O)C1CCCCCCC1)c1cccc(Cl)c1F. The van der Waals surface area contributed by atoms with Crippen molar-refractivity contribution in [1.29, 1.82) is 5.26 Å². The second-order valence-corrected chi connectivity index (χ2v) is 6.06. The molecule has 0 amide bonds. The number of halogens is 2. The van der Waals surface area contributed by atoms with Crippen LogP contribution in [0.15, 0.2) is 18.2 Å². The van der Waals surface area contributed by atoms with Crippen LogP contribution in [0.5, 0.6) is 0 Å². The van der Waals surface area contributed by atoms with Crippen molar-refractivity contribution in [3.8, 4) is 6.07 Å². The molecule has 0 spiro atoms. The van der Waals surface area contributed by atoms with Crippen LogP contribution in [0.1, 0.15) is 56.4 Å². The summed E-state index contributed by atoms with van der Waals surface area (Å²) in [6, 6.07) is 6.46. The zero-order valence-corrected chi connectivity index (χ0v) is 12.7. The van der Waals surface area contributed by atoms with E-state index in [9.17, 15) is 14.4 Å². The van der Waals surface area contributed by atoms with E-state index in [0.29, 0.717) is 0 Å². The van der Waals surface area contributed by atoms with Gasteiger partial charge in [0.05, 0.1) is 11.1 Å². The van der Waals surface area contributed by atoms with Gasteiger partial charge in [0, 0.05) is 11.5 Å². The Morgan fingerprint density at radius 2 is 1.86 bits per heavy atom. The van der Waals surface area contributed by atoms with E-state index in [-0.39, 0.29) is 22.3 Å². The van der Waals surface area contributed by atoms with Crippen molar-refractivity contribution in [3.05, 3.63) is 34.6 Å². The van der Waals surface area contributed by atoms with E-state index in [1.165, 1.54) is 18.6 Å². The standard InChI is InChI=1S/C17H19ClFNO/c18-15-10-6-9-13(16(15)19)14(11-20)17(21)12-7-4-2-1-3-5-8-12/h6,9-10,12,14H,1-5,7-8H2. The average Bonchev–Trinajstić information content (AvgIpc) is 2.43. The van der Waals surface area contributed by atoms with Crippen molar-refractivity contribution < 1.29 is 9.18 Å². The molecule has 2 nitrogen and oxygen atoms in total. The minimum absolute atomic E-state index is 0.0433. The fraction of sp³-hybridized carbons (Fsp3) is 0.529. The Morgan fingerprint density at radius 1 is 1.24 bits per heavy atom. The van der Waals surface area contributed by atoms with Gasteiger partial charge in [0.1, 0.15) is 11.7 Å². The van der Waals surface area contributed by atoms with Crippen LogP contribution in [0.3, 0.4) is 0 Å². The highest BCUT2D eigenvalue weighted by Crippen LogP contribution is 2.31. The van der Waals surface area contributed by atoms with E-state index in [4.69, 9.17) is 11.6 Å². The Balaban J connectivity index is 2.21. The predicted molar refractivity (Wildman–Crippen MR) is 80.6 cm³/mol. The maximum Gasteiger partial charge on any atom is 0.157 e. The monoisotopic (exact) mass is 307 g/mol. The number of carbonyl (C=O) groups excluding carboxylic acids is 1. The van der Waals surface area contributed by atoms with E-state index >= 15 is 0 Å². The number of nitrogens with zero attached hydrogens (tertiary/aromatic N) is 1. The van der Waals surface area contributed by atoms with E-state index in [0.717, 1.165) is 38.5 Å². The minimum Gasteiger partial charge on any atom is -0.298 e. The zero-order chi connectivity index (χ0) is 15.2. The Hall–Kier alpha value is -1.40. The lowest BCUT2D eigenvalue weighted by Gasteiger charge is -2.21. The summed E-state index contributed by atoms with van der Waals surface area (Å²) in [7, 11) is 0. The summed E-state index contributed by atoms with van der Waals surface area (Å²) in [4.78, 5) is 12.6. The number of carbonyl (C=O) groups is 1. The predicted octanol–water partition coefficient (Wildman–Crippen LogP) is 5.02. The molecule has 0 saturated heterocycles. The van der Waals surface area contributed by atoms with Gasteiger partial charge in [-0.25, -0.2) is 4.39 Å². The number of hydrogen-bond acceptors (Lipinski definition) is 2. The summed E-state index contributed by atoms with van der Waals surface area (Å²) in [5.41, 5.74) is 0.108. The number of Topliss-reactive ketones (excluding diaryl/α,β-unsaturated/α-hetero) is 1. The second kappa shape index (κ2) is 7.56. The van der Waals surface area contributed by atoms with Crippen LogP contribution in [0, 0.1) is 23.1 Å². The molecule has 1 unspecified atom stereocenters. The third-order valence-electron chi connectivity index (χ3n) is 4.21. The van der Waals surface area contributed by atoms with Gasteiger partial charge < -0.3 is 0 Å². The van der Waals surface area contributed by atoms with Gasteiger partial charge in [0.2, 0.25) is 0 Å². The molecule has 1 aliphatic carbocycles. The molecule has 0 aromatic heterocycles. The lowest BCUT2D eigenvalue weighted by atomic mass is 9.81. The molecule has 1 atom stereocenters. The number of ketones is 1. The highest BCUT2D eigenvalue weighted by molar-refractivity contribution is 6.30. The first-order chi connectivity index (χ1) is 10.1. The third kappa shape index (κ3) is 3.83. The van der Waals surface area contributed by atoms with Crippen LogP contribution in [0.2, 0.25) is 5.02 Å². The van der Waals surface area contributed by atoms with Crippen molar-refractivity contribution in [2.45, 2.75) is 50.9 Å². The van der Waals surface area contributed by atoms with Crippen molar-refractivity contribution in [1.82, 2.24) is 0 Å². The van der Waals surface area contributed by atoms with Crippen molar-refractivity contribution in [2.75, 3.05) is 0 Å². The Morgan fingerprint density at radius 3 is 2.48 bits per heavy atom. The fourth-order valence-corrected chi connectivity index (χ4v) is 3.19. The number of benzene rings is 1. The van der Waals surface area contributed by atoms with E-state index in [2.05, 4.69) is 0 Å². The maximum absolute atomic E-state index is 14.1. The van der Waals surface area contributed by atoms with E-state index in [1.54, 1.807) is 6.07 Å². The van der Waals surface area contributed by atoms with Gasteiger partial charge in [-0.15, -0.1) is 0 Å². The van der Waals surface area contributed by atoms with Gasteiger partial charge in [-0.3, -0.25) is 4.79 Å². The molecule has 0 heterocycles. The molecule has 0 aliphatic heterocycles. The van der Waals surface area contributed by atoms with Crippen LogP contribution >= 0.6 is 11.6 Å². The molecule has 0 N–H and O–H groups in total. The summed E-state index contributed by atoms with van der Waals surface area (Å²) in [5.74, 6) is -1.98. The van der Waals surface area contributed by atoms with E-state index < -0.39 is 11.7 Å². The molecule has 4 heteroatoms. The normalized spacial score (nSPS) is 18.3. The van der Waals surface area contributed by atoms with Crippen LogP contribution in [0.4, 0.5) is 4.39 Å². The molecule has 1 fully saturated rings. The quantitative estimate of drug-likeness (QED) is 0.787. The van der Waals surface area contributed by atoms with Gasteiger partial charge in [0.25, 0.3) is 0 Å². The number of nitriles is 1. The summed E-state index contributed by atoms with van der Waals surface area (Å²) in [6.45, 7) is 0. The summed E-state index contributed by atoms with van der Waals surface area (Å²) in [5, 5.41) is 9.30. The first-order valence-electron chi connectivity index (χ1n) is 7.52. The highest BCUT2D eigenvalue weighted by atomic mass is 35.5. The van der Waals surface area contributed by atoms with Crippen molar-refractivity contribution in [3.63, 3.8) is 0 Å². The molecule has 112 valence electrons. The van der Waals surface area contributed by atoms with Gasteiger partial charge in [0.15, 0.2) is 5.78 Å². The molecule has 1 aromatic carbocycles. The molecular weight excluding hydrogens is 289 g/mol. The Labute approximate surface area is 129 Å². The van der Waals surface area contributed by atoms with Crippen LogP contribution in [0.25, 0.3) is 0 Å². The zero-order valence-electron chi connectivity index (χ0n) is 11.9. The highest BCUT2D eigenvalue weighted by Gasteiger charge is 2.30. The third-order valence-corrected chi connectivity index (χ3v) is 4.51. The Kier molecular flexibility index (Phi) is 5.76. The van der Waals surface area contributed by atoms with E-state index in [1.807, 2.05) is 6.07 Å². The molecule has 0 bridgehead atoms. The second-order valence-electron chi connectivity index (χ2n) is 5.65. The average molecular weight is 308 g/mol.